The highest BCUT2D eigenvalue weighted by Crippen LogP contribution is 2.42. The average Bonchev–Trinajstić information content (AvgIpc) is 3.87. The third-order valence-electron chi connectivity index (χ3n) is 7.28. The zero-order chi connectivity index (χ0) is 24.9. The molecule has 4 heterocycles. The van der Waals surface area contributed by atoms with Crippen LogP contribution in [0, 0.1) is 0 Å². The number of anilines is 1. The van der Waals surface area contributed by atoms with E-state index in [4.69, 9.17) is 4.98 Å². The Bertz CT molecular complexity index is 1540. The molecule has 7 rings (SSSR count). The van der Waals surface area contributed by atoms with Crippen molar-refractivity contribution in [3.63, 3.8) is 0 Å². The van der Waals surface area contributed by atoms with Crippen molar-refractivity contribution in [1.29, 1.82) is 0 Å². The smallest absolute Gasteiger partial charge is 0.276 e. The minimum absolute atomic E-state index is 0.00737. The topological polar surface area (TPSA) is 75.2 Å². The van der Waals surface area contributed by atoms with Crippen LogP contribution in [0.4, 0.5) is 5.69 Å². The molecule has 0 unspecified atom stereocenters. The van der Waals surface area contributed by atoms with E-state index in [0.29, 0.717) is 30.6 Å². The summed E-state index contributed by atoms with van der Waals surface area (Å²) in [6.45, 7) is 0.524. The molecule has 0 bridgehead atoms. The lowest BCUT2D eigenvalue weighted by molar-refractivity contribution is 0.0952. The molecular formula is C30H26N4O2S. The number of carbonyl (C=O) groups is 2. The minimum Gasteiger partial charge on any atom is -0.349 e. The highest BCUT2D eigenvalue weighted by Gasteiger charge is 2.30. The molecule has 0 radical (unpaired) electrons. The van der Waals surface area contributed by atoms with Gasteiger partial charge in [-0.05, 0) is 74.1 Å². The molecule has 1 N–H and O–H groups in total. The number of nitrogens with one attached hydrogen (secondary N) is 1. The van der Waals surface area contributed by atoms with E-state index in [0.717, 1.165) is 56.4 Å². The predicted octanol–water partition coefficient (Wildman–Crippen LogP) is 5.84. The summed E-state index contributed by atoms with van der Waals surface area (Å²) in [4.78, 5) is 39.5. The molecule has 4 aromatic rings. The first kappa shape index (κ1) is 22.4. The van der Waals surface area contributed by atoms with Crippen molar-refractivity contribution < 1.29 is 9.59 Å². The molecule has 3 aliphatic rings. The van der Waals surface area contributed by atoms with E-state index >= 15 is 0 Å². The van der Waals surface area contributed by atoms with Crippen molar-refractivity contribution in [1.82, 2.24) is 15.3 Å². The summed E-state index contributed by atoms with van der Waals surface area (Å²) in [6.07, 6.45) is 7.02. The summed E-state index contributed by atoms with van der Waals surface area (Å²) in [5.74, 6) is 0.445. The number of nitrogens with zero attached hydrogens (tertiary/aromatic N) is 3. The van der Waals surface area contributed by atoms with Crippen LogP contribution in [-0.2, 0) is 6.42 Å². The van der Waals surface area contributed by atoms with Gasteiger partial charge in [-0.15, -0.1) is 11.3 Å². The van der Waals surface area contributed by atoms with Crippen LogP contribution in [0.5, 0.6) is 0 Å². The molecule has 2 fully saturated rings. The molecule has 0 atom stereocenters. The first-order valence-corrected chi connectivity index (χ1v) is 13.7. The Labute approximate surface area is 219 Å². The summed E-state index contributed by atoms with van der Waals surface area (Å²) >= 11 is 1.52. The Morgan fingerprint density at radius 2 is 1.84 bits per heavy atom. The molecule has 1 aliphatic heterocycles. The Balaban J connectivity index is 1.20. The zero-order valence-electron chi connectivity index (χ0n) is 20.3. The molecule has 37 heavy (non-hydrogen) atoms. The molecular weight excluding hydrogens is 480 g/mol. The fourth-order valence-electron chi connectivity index (χ4n) is 4.97. The lowest BCUT2D eigenvalue weighted by atomic mass is 10.1. The number of hydrogen-bond donors (Lipinski definition) is 1. The highest BCUT2D eigenvalue weighted by molar-refractivity contribution is 7.17. The van der Waals surface area contributed by atoms with Crippen molar-refractivity contribution in [2.75, 3.05) is 11.4 Å². The van der Waals surface area contributed by atoms with Crippen LogP contribution in [0.1, 0.15) is 63.0 Å². The quantitative estimate of drug-likeness (QED) is 0.369. The van der Waals surface area contributed by atoms with E-state index in [1.165, 1.54) is 24.2 Å². The van der Waals surface area contributed by atoms with Crippen LogP contribution in [0.2, 0.25) is 0 Å². The van der Waals surface area contributed by atoms with Gasteiger partial charge in [0.1, 0.15) is 5.69 Å². The number of pyridine rings is 2. The molecule has 3 aromatic heterocycles. The van der Waals surface area contributed by atoms with Gasteiger partial charge < -0.3 is 10.2 Å². The maximum absolute atomic E-state index is 13.9. The third-order valence-corrected chi connectivity index (χ3v) is 8.48. The molecule has 6 nitrogen and oxygen atoms in total. The summed E-state index contributed by atoms with van der Waals surface area (Å²) in [6, 6.07) is 20.0. The first-order chi connectivity index (χ1) is 18.1. The van der Waals surface area contributed by atoms with Gasteiger partial charge in [-0.3, -0.25) is 14.6 Å². The van der Waals surface area contributed by atoms with Gasteiger partial charge in [0, 0.05) is 46.4 Å². The molecule has 184 valence electrons. The van der Waals surface area contributed by atoms with E-state index in [2.05, 4.69) is 16.4 Å². The van der Waals surface area contributed by atoms with Crippen molar-refractivity contribution in [2.45, 2.75) is 44.1 Å². The minimum atomic E-state index is -0.118. The van der Waals surface area contributed by atoms with Crippen molar-refractivity contribution >= 4 is 28.8 Å². The Kier molecular flexibility index (Phi) is 5.39. The van der Waals surface area contributed by atoms with Gasteiger partial charge in [-0.2, -0.15) is 0 Å². The van der Waals surface area contributed by atoms with Crippen LogP contribution in [0.15, 0.2) is 66.9 Å². The van der Waals surface area contributed by atoms with Gasteiger partial charge in [-0.25, -0.2) is 4.98 Å². The summed E-state index contributed by atoms with van der Waals surface area (Å²) in [5, 5.41) is 3.09. The molecule has 7 heteroatoms. The van der Waals surface area contributed by atoms with E-state index < -0.39 is 0 Å². The zero-order valence-corrected chi connectivity index (χ0v) is 21.1. The lowest BCUT2D eigenvalue weighted by Crippen LogP contribution is -2.33. The van der Waals surface area contributed by atoms with Crippen LogP contribution in [0.25, 0.3) is 21.7 Å². The van der Waals surface area contributed by atoms with E-state index in [-0.39, 0.29) is 11.8 Å². The van der Waals surface area contributed by atoms with Crippen LogP contribution in [0.3, 0.4) is 0 Å². The van der Waals surface area contributed by atoms with Gasteiger partial charge in [0.15, 0.2) is 0 Å². The number of carbonyl (C=O) groups excluding carboxylic acids is 2. The molecule has 2 aliphatic carbocycles. The van der Waals surface area contributed by atoms with Gasteiger partial charge in [0.2, 0.25) is 0 Å². The Morgan fingerprint density at radius 1 is 0.973 bits per heavy atom. The number of aromatic nitrogens is 2. The van der Waals surface area contributed by atoms with Crippen molar-refractivity contribution in [3.8, 4) is 21.7 Å². The second-order valence-electron chi connectivity index (χ2n) is 10.1. The van der Waals surface area contributed by atoms with Gasteiger partial charge in [-0.1, -0.05) is 24.3 Å². The standard InChI is InChI=1S/C30H26N4O2S/c35-29(32-21-10-11-21)27-17-20-13-15-34(26-7-2-1-4-22(26)28(20)37-27)30(36)24-6-3-5-23(33-24)19-12-14-31-25(16-19)18-8-9-18/h1-7,12,14,16-18,21H,8-11,13,15H2,(H,32,35). The summed E-state index contributed by atoms with van der Waals surface area (Å²) in [5.41, 5.74) is 6.25. The number of benzene rings is 1. The maximum Gasteiger partial charge on any atom is 0.276 e. The maximum atomic E-state index is 13.9. The predicted molar refractivity (Wildman–Crippen MR) is 145 cm³/mol. The normalized spacial score (nSPS) is 16.5. The van der Waals surface area contributed by atoms with Gasteiger partial charge >= 0.3 is 0 Å². The molecule has 2 amide bonds. The number of rotatable bonds is 5. The lowest BCUT2D eigenvalue weighted by Gasteiger charge is -2.23. The molecule has 0 spiro atoms. The monoisotopic (exact) mass is 506 g/mol. The first-order valence-electron chi connectivity index (χ1n) is 12.9. The second kappa shape index (κ2) is 8.92. The summed E-state index contributed by atoms with van der Waals surface area (Å²) in [7, 11) is 0. The van der Waals surface area contributed by atoms with Crippen LogP contribution in [-0.4, -0.2) is 34.4 Å². The summed E-state index contributed by atoms with van der Waals surface area (Å²) < 4.78 is 0. The van der Waals surface area contributed by atoms with E-state index in [1.54, 1.807) is 6.07 Å². The van der Waals surface area contributed by atoms with Gasteiger partial charge in [0.25, 0.3) is 11.8 Å². The molecule has 2 saturated carbocycles. The number of para-hydroxylation sites is 1. The molecule has 0 saturated heterocycles. The average molecular weight is 507 g/mol. The Morgan fingerprint density at radius 3 is 2.68 bits per heavy atom. The fraction of sp³-hybridized carbons (Fsp3) is 0.267. The second-order valence-corrected chi connectivity index (χ2v) is 11.1. The number of thiophene rings is 1. The molecule has 1 aromatic carbocycles. The number of fused-ring (bicyclic) bond motifs is 3. The van der Waals surface area contributed by atoms with E-state index in [1.807, 2.05) is 59.6 Å². The van der Waals surface area contributed by atoms with Crippen molar-refractivity contribution in [3.05, 3.63) is 88.7 Å². The number of amides is 2. The Hall–Kier alpha value is -3.84. The number of hydrogen-bond acceptors (Lipinski definition) is 5. The third kappa shape index (κ3) is 4.33. The van der Waals surface area contributed by atoms with Crippen molar-refractivity contribution in [2.24, 2.45) is 0 Å². The van der Waals surface area contributed by atoms with Crippen LogP contribution >= 0.6 is 11.3 Å². The SMILES string of the molecule is O=C(NC1CC1)c1cc2c(s1)-c1ccccc1N(C(=O)c1cccc(-c3ccnc(C4CC4)c3)n1)CC2. The van der Waals surface area contributed by atoms with Gasteiger partial charge in [0.05, 0.1) is 16.3 Å². The highest BCUT2D eigenvalue weighted by atomic mass is 32.1. The fourth-order valence-corrected chi connectivity index (χ4v) is 6.11. The van der Waals surface area contributed by atoms with Crippen LogP contribution < -0.4 is 10.2 Å². The van der Waals surface area contributed by atoms with E-state index in [9.17, 15) is 9.59 Å². The largest absolute Gasteiger partial charge is 0.349 e.